The molecule has 4 heteroatoms. The number of amidine groups is 1. The Morgan fingerprint density at radius 1 is 1.45 bits per heavy atom. The molecule has 2 N–H and O–H groups in total. The van der Waals surface area contributed by atoms with Gasteiger partial charge in [-0.25, -0.2) is 0 Å². The van der Waals surface area contributed by atoms with Gasteiger partial charge in [0.2, 0.25) is 0 Å². The second kappa shape index (κ2) is 6.36. The number of likely N-dealkylation sites (N-methyl/N-ethyl adjacent to an activating group) is 1. The van der Waals surface area contributed by atoms with Crippen LogP contribution in [0, 0.1) is 6.92 Å². The van der Waals surface area contributed by atoms with E-state index in [0.29, 0.717) is 0 Å². The van der Waals surface area contributed by atoms with Crippen LogP contribution in [0.3, 0.4) is 0 Å². The van der Waals surface area contributed by atoms with Gasteiger partial charge in [0, 0.05) is 32.9 Å². The number of hydrogen-bond acceptors (Lipinski definition) is 3. The number of aliphatic imine (C=N–C) groups is 1. The van der Waals surface area contributed by atoms with Crippen molar-refractivity contribution in [1.82, 2.24) is 4.90 Å². The van der Waals surface area contributed by atoms with Gasteiger partial charge in [-0.3, -0.25) is 4.99 Å². The van der Waals surface area contributed by atoms with E-state index in [4.69, 9.17) is 5.73 Å². The van der Waals surface area contributed by atoms with Crippen molar-refractivity contribution in [3.63, 3.8) is 0 Å². The zero-order valence-electron chi connectivity index (χ0n) is 13.8. The van der Waals surface area contributed by atoms with Crippen LogP contribution < -0.4 is 10.6 Å². The molecule has 0 radical (unpaired) electrons. The fourth-order valence-corrected chi connectivity index (χ4v) is 3.14. The van der Waals surface area contributed by atoms with Gasteiger partial charge in [-0.05, 0) is 42.8 Å². The first-order chi connectivity index (χ1) is 10.4. The number of nitrogens with two attached hydrogens (primary N) is 1. The predicted octanol–water partition coefficient (Wildman–Crippen LogP) is 2.65. The van der Waals surface area contributed by atoms with Crippen molar-refractivity contribution in [2.45, 2.75) is 18.9 Å². The molecule has 0 amide bonds. The van der Waals surface area contributed by atoms with Crippen LogP contribution in [-0.2, 0) is 0 Å². The molecule has 1 saturated heterocycles. The number of rotatable bonds is 4. The lowest BCUT2D eigenvalue weighted by atomic mass is 9.97. The van der Waals surface area contributed by atoms with E-state index < -0.39 is 5.54 Å². The molecule has 4 nitrogen and oxygen atoms in total. The number of anilines is 1. The zero-order chi connectivity index (χ0) is 16.3. The Labute approximate surface area is 133 Å². The minimum atomic E-state index is -0.442. The lowest BCUT2D eigenvalue weighted by Crippen LogP contribution is -2.55. The summed E-state index contributed by atoms with van der Waals surface area (Å²) in [6.07, 6.45) is 4.51. The van der Waals surface area contributed by atoms with E-state index in [0.717, 1.165) is 25.3 Å². The van der Waals surface area contributed by atoms with Gasteiger partial charge < -0.3 is 15.5 Å². The molecule has 0 spiro atoms. The molecule has 22 heavy (non-hydrogen) atoms. The minimum absolute atomic E-state index is 0.442. The third-order valence-electron chi connectivity index (χ3n) is 4.40. The minimum Gasteiger partial charge on any atom is -0.369 e. The topological polar surface area (TPSA) is 44.9 Å². The fourth-order valence-electron chi connectivity index (χ4n) is 3.14. The largest absolute Gasteiger partial charge is 0.369 e. The number of benzene rings is 1. The average Bonchev–Trinajstić information content (AvgIpc) is 2.90. The van der Waals surface area contributed by atoms with Crippen molar-refractivity contribution < 1.29 is 0 Å². The summed E-state index contributed by atoms with van der Waals surface area (Å²) in [5.41, 5.74) is 9.80. The van der Waals surface area contributed by atoms with E-state index >= 15 is 0 Å². The summed E-state index contributed by atoms with van der Waals surface area (Å²) in [5.74, 6) is 0.879. The molecule has 2 rings (SSSR count). The van der Waals surface area contributed by atoms with Crippen LogP contribution in [0.4, 0.5) is 5.69 Å². The molecular weight excluding hydrogens is 272 g/mol. The van der Waals surface area contributed by atoms with E-state index in [2.05, 4.69) is 48.2 Å². The molecule has 1 aromatic rings. The highest BCUT2D eigenvalue weighted by atomic mass is 15.2. The molecule has 1 unspecified atom stereocenters. The van der Waals surface area contributed by atoms with E-state index in [1.807, 2.05) is 18.0 Å². The molecule has 1 aliphatic rings. The standard InChI is InChI=1S/C18H26N4/c1-6-15-8-9-16(12-14(15)3)22-11-10-18(19,13-22)17(20-4)21(5)7-2/h6-9,12H,1-2,10-11,13,19H2,3-5H3. The Balaban J connectivity index is 2.23. The third-order valence-corrected chi connectivity index (χ3v) is 4.40. The van der Waals surface area contributed by atoms with Gasteiger partial charge in [0.05, 0.1) is 5.54 Å². The highest BCUT2D eigenvalue weighted by Crippen LogP contribution is 2.28. The molecular formula is C18H26N4. The van der Waals surface area contributed by atoms with E-state index in [1.165, 1.54) is 16.8 Å². The number of hydrogen-bond donors (Lipinski definition) is 1. The van der Waals surface area contributed by atoms with Crippen LogP contribution in [0.15, 0.2) is 42.5 Å². The average molecular weight is 298 g/mol. The Hall–Kier alpha value is -2.07. The summed E-state index contributed by atoms with van der Waals surface area (Å²) < 4.78 is 0. The van der Waals surface area contributed by atoms with Crippen LogP contribution in [0.5, 0.6) is 0 Å². The summed E-state index contributed by atoms with van der Waals surface area (Å²) in [6.45, 7) is 11.4. The summed E-state index contributed by atoms with van der Waals surface area (Å²) in [4.78, 5) is 8.63. The van der Waals surface area contributed by atoms with Crippen LogP contribution in [0.1, 0.15) is 17.5 Å². The van der Waals surface area contributed by atoms with E-state index in [-0.39, 0.29) is 0 Å². The smallest absolute Gasteiger partial charge is 0.125 e. The molecule has 1 fully saturated rings. The van der Waals surface area contributed by atoms with Gasteiger partial charge in [0.15, 0.2) is 0 Å². The van der Waals surface area contributed by atoms with Gasteiger partial charge >= 0.3 is 0 Å². The fraction of sp³-hybridized carbons (Fsp3) is 0.389. The van der Waals surface area contributed by atoms with Crippen LogP contribution in [-0.4, -0.2) is 43.5 Å². The number of aryl methyl sites for hydroxylation is 1. The van der Waals surface area contributed by atoms with E-state index in [9.17, 15) is 0 Å². The Bertz CT molecular complexity index is 605. The molecule has 1 atom stereocenters. The maximum atomic E-state index is 6.63. The summed E-state index contributed by atoms with van der Waals surface area (Å²) in [7, 11) is 3.73. The molecule has 1 aliphatic heterocycles. The molecule has 0 bridgehead atoms. The van der Waals surface area contributed by atoms with Gasteiger partial charge in [0.25, 0.3) is 0 Å². The molecule has 118 valence electrons. The van der Waals surface area contributed by atoms with Crippen molar-refractivity contribution in [3.8, 4) is 0 Å². The van der Waals surface area contributed by atoms with Crippen molar-refractivity contribution >= 4 is 17.6 Å². The maximum absolute atomic E-state index is 6.63. The lowest BCUT2D eigenvalue weighted by molar-refractivity contribution is 0.538. The summed E-state index contributed by atoms with van der Waals surface area (Å²) >= 11 is 0. The second-order valence-corrected chi connectivity index (χ2v) is 5.91. The van der Waals surface area contributed by atoms with Gasteiger partial charge in [0.1, 0.15) is 5.84 Å². The molecule has 1 heterocycles. The van der Waals surface area contributed by atoms with Crippen molar-refractivity contribution in [3.05, 3.63) is 48.7 Å². The molecule has 0 aromatic heterocycles. The molecule has 1 aromatic carbocycles. The summed E-state index contributed by atoms with van der Waals surface area (Å²) in [5, 5.41) is 0. The monoisotopic (exact) mass is 298 g/mol. The normalized spacial score (nSPS) is 21.8. The Kier molecular flexibility index (Phi) is 4.71. The van der Waals surface area contributed by atoms with Crippen LogP contribution in [0.2, 0.25) is 0 Å². The quantitative estimate of drug-likeness (QED) is 0.686. The van der Waals surface area contributed by atoms with Crippen molar-refractivity contribution in [1.29, 1.82) is 0 Å². The van der Waals surface area contributed by atoms with Crippen molar-refractivity contribution in [2.75, 3.05) is 32.1 Å². The first-order valence-electron chi connectivity index (χ1n) is 7.54. The second-order valence-electron chi connectivity index (χ2n) is 5.91. The van der Waals surface area contributed by atoms with Crippen LogP contribution >= 0.6 is 0 Å². The van der Waals surface area contributed by atoms with Crippen molar-refractivity contribution in [2.24, 2.45) is 10.7 Å². The van der Waals surface area contributed by atoms with Gasteiger partial charge in [-0.15, -0.1) is 0 Å². The van der Waals surface area contributed by atoms with Crippen LogP contribution in [0.25, 0.3) is 6.08 Å². The maximum Gasteiger partial charge on any atom is 0.125 e. The Morgan fingerprint density at radius 2 is 2.18 bits per heavy atom. The van der Waals surface area contributed by atoms with Gasteiger partial charge in [-0.2, -0.15) is 0 Å². The number of nitrogens with zero attached hydrogens (tertiary/aromatic N) is 3. The Morgan fingerprint density at radius 3 is 2.73 bits per heavy atom. The zero-order valence-corrected chi connectivity index (χ0v) is 13.8. The lowest BCUT2D eigenvalue weighted by Gasteiger charge is -2.31. The molecule has 0 saturated carbocycles. The first kappa shape index (κ1) is 16.3. The first-order valence-corrected chi connectivity index (χ1v) is 7.54. The predicted molar refractivity (Wildman–Crippen MR) is 96.3 cm³/mol. The SMILES string of the molecule is C=Cc1ccc(N2CCC(N)(C(=NC)N(C)C=C)C2)cc1C. The molecule has 0 aliphatic carbocycles. The third kappa shape index (κ3) is 2.92. The van der Waals surface area contributed by atoms with Gasteiger partial charge in [-0.1, -0.05) is 25.3 Å². The van der Waals surface area contributed by atoms with E-state index in [1.54, 1.807) is 13.2 Å². The highest BCUT2D eigenvalue weighted by molar-refractivity contribution is 5.93. The highest BCUT2D eigenvalue weighted by Gasteiger charge is 2.40. The summed E-state index contributed by atoms with van der Waals surface area (Å²) in [6, 6.07) is 6.44.